The maximum atomic E-state index is 5.35. The van der Waals surface area contributed by atoms with E-state index >= 15 is 0 Å². The number of aryl methyl sites for hydroxylation is 1. The summed E-state index contributed by atoms with van der Waals surface area (Å²) in [6.07, 6.45) is 4.10. The van der Waals surface area contributed by atoms with Crippen molar-refractivity contribution in [1.29, 1.82) is 0 Å². The quantitative estimate of drug-likeness (QED) is 0.770. The maximum Gasteiger partial charge on any atom is 0.0472 e. The minimum atomic E-state index is 0.594. The van der Waals surface area contributed by atoms with E-state index in [-0.39, 0.29) is 0 Å². The van der Waals surface area contributed by atoms with Gasteiger partial charge in [0.15, 0.2) is 0 Å². The summed E-state index contributed by atoms with van der Waals surface area (Å²) in [5, 5.41) is 0. The fraction of sp³-hybridized carbons (Fsp3) is 0.545. The summed E-state index contributed by atoms with van der Waals surface area (Å²) in [5.41, 5.74) is 2.53. The Morgan fingerprint density at radius 2 is 2.14 bits per heavy atom. The molecule has 1 aliphatic heterocycles. The van der Waals surface area contributed by atoms with Gasteiger partial charge in [-0.3, -0.25) is 4.98 Å². The van der Waals surface area contributed by atoms with Crippen LogP contribution >= 0.6 is 15.9 Å². The zero-order valence-electron chi connectivity index (χ0n) is 8.29. The van der Waals surface area contributed by atoms with Crippen molar-refractivity contribution in [2.24, 2.45) is 0 Å². The van der Waals surface area contributed by atoms with Gasteiger partial charge in [0.1, 0.15) is 0 Å². The molecule has 0 radical (unpaired) electrons. The predicted molar refractivity (Wildman–Crippen MR) is 59.5 cm³/mol. The predicted octanol–water partition coefficient (Wildman–Crippen LogP) is 3.05. The molecule has 0 spiro atoms. The Morgan fingerprint density at radius 3 is 2.79 bits per heavy atom. The minimum Gasteiger partial charge on any atom is -0.381 e. The molecule has 1 saturated heterocycles. The molecule has 0 unspecified atom stereocenters. The van der Waals surface area contributed by atoms with E-state index in [1.165, 1.54) is 11.3 Å². The molecule has 1 fully saturated rings. The highest BCUT2D eigenvalue weighted by molar-refractivity contribution is 9.10. The number of ether oxygens (including phenoxy) is 1. The first-order valence-corrected chi connectivity index (χ1v) is 5.76. The molecule has 0 N–H and O–H groups in total. The molecule has 2 nitrogen and oxygen atoms in total. The third-order valence-electron chi connectivity index (χ3n) is 2.69. The number of hydrogen-bond acceptors (Lipinski definition) is 2. The van der Waals surface area contributed by atoms with Crippen molar-refractivity contribution >= 4 is 15.9 Å². The molecule has 1 aromatic rings. The van der Waals surface area contributed by atoms with Gasteiger partial charge in [0.05, 0.1) is 0 Å². The van der Waals surface area contributed by atoms with Crippen molar-refractivity contribution in [2.45, 2.75) is 25.7 Å². The molecule has 0 aromatic carbocycles. The second kappa shape index (κ2) is 4.41. The van der Waals surface area contributed by atoms with Gasteiger partial charge in [0.25, 0.3) is 0 Å². The van der Waals surface area contributed by atoms with Crippen LogP contribution in [0.15, 0.2) is 16.7 Å². The van der Waals surface area contributed by atoms with E-state index in [2.05, 4.69) is 33.9 Å². The zero-order chi connectivity index (χ0) is 9.97. The van der Waals surface area contributed by atoms with E-state index in [9.17, 15) is 0 Å². The van der Waals surface area contributed by atoms with Crippen LogP contribution in [0.3, 0.4) is 0 Å². The van der Waals surface area contributed by atoms with Gasteiger partial charge in [-0.2, -0.15) is 0 Å². The van der Waals surface area contributed by atoms with Gasteiger partial charge in [-0.05, 0) is 47.3 Å². The number of hydrogen-bond donors (Lipinski definition) is 0. The summed E-state index contributed by atoms with van der Waals surface area (Å²) in [6, 6.07) is 2.14. The molecular weight excluding hydrogens is 242 g/mol. The largest absolute Gasteiger partial charge is 0.381 e. The normalized spacial score (nSPS) is 18.4. The molecule has 2 rings (SSSR count). The molecule has 0 bridgehead atoms. The zero-order valence-corrected chi connectivity index (χ0v) is 9.88. The lowest BCUT2D eigenvalue weighted by atomic mass is 9.93. The third kappa shape index (κ3) is 2.15. The standard InChI is InChI=1S/C11H14BrNO/c1-8-6-10(12)7-13-11(8)9-2-4-14-5-3-9/h6-7,9H,2-5H2,1H3. The molecule has 0 amide bonds. The Morgan fingerprint density at radius 1 is 1.43 bits per heavy atom. The first-order chi connectivity index (χ1) is 6.77. The molecule has 3 heteroatoms. The van der Waals surface area contributed by atoms with Crippen LogP contribution in [0.4, 0.5) is 0 Å². The molecule has 76 valence electrons. The van der Waals surface area contributed by atoms with Crippen molar-refractivity contribution in [3.8, 4) is 0 Å². The van der Waals surface area contributed by atoms with Gasteiger partial charge in [0.2, 0.25) is 0 Å². The Kier molecular flexibility index (Phi) is 3.19. The van der Waals surface area contributed by atoms with Crippen molar-refractivity contribution in [3.63, 3.8) is 0 Å². The first-order valence-electron chi connectivity index (χ1n) is 4.97. The fourth-order valence-corrected chi connectivity index (χ4v) is 2.40. The van der Waals surface area contributed by atoms with E-state index in [4.69, 9.17) is 4.74 Å². The van der Waals surface area contributed by atoms with E-state index in [0.717, 1.165) is 30.5 Å². The summed E-state index contributed by atoms with van der Waals surface area (Å²) < 4.78 is 6.41. The number of halogens is 1. The van der Waals surface area contributed by atoms with Gasteiger partial charge >= 0.3 is 0 Å². The van der Waals surface area contributed by atoms with Crippen LogP contribution in [0.25, 0.3) is 0 Å². The Bertz CT molecular complexity index is 321. The highest BCUT2D eigenvalue weighted by atomic mass is 79.9. The lowest BCUT2D eigenvalue weighted by Gasteiger charge is -2.22. The van der Waals surface area contributed by atoms with E-state index in [0.29, 0.717) is 5.92 Å². The Labute approximate surface area is 92.8 Å². The van der Waals surface area contributed by atoms with Crippen molar-refractivity contribution in [1.82, 2.24) is 4.98 Å². The van der Waals surface area contributed by atoms with E-state index in [1.807, 2.05) is 6.20 Å². The topological polar surface area (TPSA) is 22.1 Å². The number of rotatable bonds is 1. The molecule has 0 saturated carbocycles. The van der Waals surface area contributed by atoms with Crippen molar-refractivity contribution in [2.75, 3.05) is 13.2 Å². The van der Waals surface area contributed by atoms with Gasteiger partial charge in [0, 0.05) is 35.5 Å². The Hall–Kier alpha value is -0.410. The van der Waals surface area contributed by atoms with E-state index < -0.39 is 0 Å². The highest BCUT2D eigenvalue weighted by Gasteiger charge is 2.18. The molecule has 0 aliphatic carbocycles. The summed E-state index contributed by atoms with van der Waals surface area (Å²) in [4.78, 5) is 4.50. The van der Waals surface area contributed by atoms with Gasteiger partial charge in [-0.15, -0.1) is 0 Å². The lowest BCUT2D eigenvalue weighted by Crippen LogP contribution is -2.16. The molecule has 14 heavy (non-hydrogen) atoms. The molecule has 1 aromatic heterocycles. The monoisotopic (exact) mass is 255 g/mol. The summed E-state index contributed by atoms with van der Waals surface area (Å²) in [7, 11) is 0. The van der Waals surface area contributed by atoms with E-state index in [1.54, 1.807) is 0 Å². The maximum absolute atomic E-state index is 5.35. The van der Waals surface area contributed by atoms with Gasteiger partial charge in [-0.1, -0.05) is 0 Å². The molecular formula is C11H14BrNO. The second-order valence-electron chi connectivity index (χ2n) is 3.74. The SMILES string of the molecule is Cc1cc(Br)cnc1C1CCOCC1. The van der Waals surface area contributed by atoms with Gasteiger partial charge in [-0.25, -0.2) is 0 Å². The smallest absolute Gasteiger partial charge is 0.0472 e. The average Bonchev–Trinajstić information content (AvgIpc) is 2.19. The number of pyridine rings is 1. The summed E-state index contributed by atoms with van der Waals surface area (Å²) in [6.45, 7) is 3.88. The third-order valence-corrected chi connectivity index (χ3v) is 3.13. The second-order valence-corrected chi connectivity index (χ2v) is 4.66. The summed E-state index contributed by atoms with van der Waals surface area (Å²) in [5.74, 6) is 0.594. The molecule has 2 heterocycles. The highest BCUT2D eigenvalue weighted by Crippen LogP contribution is 2.28. The first kappa shape index (κ1) is 10.1. The van der Waals surface area contributed by atoms with Crippen LogP contribution in [0.1, 0.15) is 30.0 Å². The van der Waals surface area contributed by atoms with Crippen LogP contribution < -0.4 is 0 Å². The van der Waals surface area contributed by atoms with Crippen LogP contribution in [-0.2, 0) is 4.74 Å². The molecule has 0 atom stereocenters. The molecule has 1 aliphatic rings. The van der Waals surface area contributed by atoms with Crippen LogP contribution in [0, 0.1) is 6.92 Å². The Balaban J connectivity index is 2.22. The van der Waals surface area contributed by atoms with Gasteiger partial charge < -0.3 is 4.74 Å². The fourth-order valence-electron chi connectivity index (χ4n) is 1.95. The van der Waals surface area contributed by atoms with Crippen LogP contribution in [0.5, 0.6) is 0 Å². The number of nitrogens with zero attached hydrogens (tertiary/aromatic N) is 1. The van der Waals surface area contributed by atoms with Crippen molar-refractivity contribution in [3.05, 3.63) is 28.0 Å². The van der Waals surface area contributed by atoms with Crippen LogP contribution in [-0.4, -0.2) is 18.2 Å². The summed E-state index contributed by atoms with van der Waals surface area (Å²) >= 11 is 3.43. The lowest BCUT2D eigenvalue weighted by molar-refractivity contribution is 0.0844. The number of aromatic nitrogens is 1. The van der Waals surface area contributed by atoms with Crippen molar-refractivity contribution < 1.29 is 4.74 Å². The minimum absolute atomic E-state index is 0.594. The average molecular weight is 256 g/mol. The van der Waals surface area contributed by atoms with Crippen LogP contribution in [0.2, 0.25) is 0 Å².